The predicted molar refractivity (Wildman–Crippen MR) is 83.8 cm³/mol. The molecule has 1 aromatic carbocycles. The van der Waals surface area contributed by atoms with Gasteiger partial charge in [-0.15, -0.1) is 0 Å². The van der Waals surface area contributed by atoms with Crippen molar-refractivity contribution in [1.29, 1.82) is 0 Å². The summed E-state index contributed by atoms with van der Waals surface area (Å²) < 4.78 is 5.70. The normalized spacial score (nSPS) is 10.7. The number of aromatic nitrogens is 2. The van der Waals surface area contributed by atoms with Crippen molar-refractivity contribution < 1.29 is 14.6 Å². The number of aromatic carboxylic acids is 1. The number of nitrogens with zero attached hydrogens (tertiary/aromatic N) is 2. The van der Waals surface area contributed by atoms with Gasteiger partial charge >= 0.3 is 5.97 Å². The second kappa shape index (κ2) is 6.89. The van der Waals surface area contributed by atoms with Crippen molar-refractivity contribution in [2.24, 2.45) is 5.92 Å². The molecule has 0 fully saturated rings. The van der Waals surface area contributed by atoms with E-state index in [2.05, 4.69) is 23.8 Å². The van der Waals surface area contributed by atoms with Gasteiger partial charge in [-0.2, -0.15) is 0 Å². The molecule has 116 valence electrons. The number of rotatable bonds is 6. The molecule has 1 heterocycles. The number of carboxylic acid groups (broad SMARTS) is 1. The van der Waals surface area contributed by atoms with Crippen molar-refractivity contribution in [2.45, 2.75) is 20.3 Å². The van der Waals surface area contributed by atoms with E-state index in [1.807, 2.05) is 24.3 Å². The molecule has 0 atom stereocenters. The summed E-state index contributed by atoms with van der Waals surface area (Å²) in [5, 5.41) is 9.03. The van der Waals surface area contributed by atoms with Crippen molar-refractivity contribution in [3.05, 3.63) is 36.0 Å². The van der Waals surface area contributed by atoms with Crippen LogP contribution in [0.2, 0.25) is 0 Å². The summed E-state index contributed by atoms with van der Waals surface area (Å²) in [7, 11) is 0. The fourth-order valence-corrected chi connectivity index (χ4v) is 1.88. The maximum Gasteiger partial charge on any atom is 0.354 e. The fourth-order valence-electron chi connectivity index (χ4n) is 1.88. The number of anilines is 1. The Labute approximate surface area is 129 Å². The molecule has 0 aliphatic carbocycles. The highest BCUT2D eigenvalue weighted by molar-refractivity contribution is 5.87. The van der Waals surface area contributed by atoms with E-state index in [1.165, 1.54) is 6.07 Å². The standard InChI is InChI=1S/C16H19N3O3/c1-10(2)6-7-22-12-5-3-4-11(8-12)13-9-14(15(20)21)19-16(17)18-13/h3-5,8-10H,6-7H2,1-2H3,(H,20,21)(H2,17,18,19). The summed E-state index contributed by atoms with van der Waals surface area (Å²) in [4.78, 5) is 18.8. The molecule has 0 bridgehead atoms. The number of hydrogen-bond donors (Lipinski definition) is 2. The predicted octanol–water partition coefficient (Wildman–Crippen LogP) is 2.85. The van der Waals surface area contributed by atoms with Crippen molar-refractivity contribution in [3.63, 3.8) is 0 Å². The number of hydrogen-bond acceptors (Lipinski definition) is 5. The summed E-state index contributed by atoms with van der Waals surface area (Å²) in [6.45, 7) is 4.90. The number of carboxylic acids is 1. The number of nitrogens with two attached hydrogens (primary N) is 1. The molecular weight excluding hydrogens is 282 g/mol. The zero-order valence-electron chi connectivity index (χ0n) is 12.6. The molecule has 0 saturated carbocycles. The van der Waals surface area contributed by atoms with Crippen molar-refractivity contribution >= 4 is 11.9 Å². The van der Waals surface area contributed by atoms with Crippen LogP contribution in [0.1, 0.15) is 30.8 Å². The van der Waals surface area contributed by atoms with Crippen LogP contribution in [0, 0.1) is 5.92 Å². The van der Waals surface area contributed by atoms with Crippen LogP contribution < -0.4 is 10.5 Å². The lowest BCUT2D eigenvalue weighted by Crippen LogP contribution is -2.06. The lowest BCUT2D eigenvalue weighted by molar-refractivity contribution is 0.0690. The highest BCUT2D eigenvalue weighted by atomic mass is 16.5. The Kier molecular flexibility index (Phi) is 4.93. The smallest absolute Gasteiger partial charge is 0.354 e. The van der Waals surface area contributed by atoms with Gasteiger partial charge in [0.15, 0.2) is 5.69 Å². The maximum absolute atomic E-state index is 11.0. The van der Waals surface area contributed by atoms with Gasteiger partial charge in [0.25, 0.3) is 0 Å². The summed E-state index contributed by atoms with van der Waals surface area (Å²) in [6.07, 6.45) is 0.966. The van der Waals surface area contributed by atoms with E-state index in [1.54, 1.807) is 0 Å². The van der Waals surface area contributed by atoms with E-state index < -0.39 is 5.97 Å². The molecule has 2 rings (SSSR count). The Morgan fingerprint density at radius 1 is 1.32 bits per heavy atom. The lowest BCUT2D eigenvalue weighted by atomic mass is 10.1. The maximum atomic E-state index is 11.0. The molecule has 0 amide bonds. The monoisotopic (exact) mass is 301 g/mol. The van der Waals surface area contributed by atoms with Gasteiger partial charge in [0.1, 0.15) is 5.75 Å². The molecule has 3 N–H and O–H groups in total. The molecule has 2 aromatic rings. The van der Waals surface area contributed by atoms with E-state index in [-0.39, 0.29) is 11.6 Å². The van der Waals surface area contributed by atoms with Gasteiger partial charge in [0.05, 0.1) is 12.3 Å². The van der Waals surface area contributed by atoms with Gasteiger partial charge in [-0.1, -0.05) is 26.0 Å². The van der Waals surface area contributed by atoms with E-state index >= 15 is 0 Å². The number of carbonyl (C=O) groups is 1. The highest BCUT2D eigenvalue weighted by Crippen LogP contribution is 2.23. The third-order valence-electron chi connectivity index (χ3n) is 3.06. The molecule has 6 nitrogen and oxygen atoms in total. The molecule has 0 aliphatic heterocycles. The van der Waals surface area contributed by atoms with Crippen molar-refractivity contribution in [3.8, 4) is 17.0 Å². The van der Waals surface area contributed by atoms with Gasteiger partial charge in [-0.05, 0) is 30.5 Å². The van der Waals surface area contributed by atoms with Gasteiger partial charge in [0, 0.05) is 5.56 Å². The molecule has 0 spiro atoms. The van der Waals surface area contributed by atoms with E-state index in [9.17, 15) is 4.79 Å². The van der Waals surface area contributed by atoms with Crippen LogP contribution in [-0.2, 0) is 0 Å². The lowest BCUT2D eigenvalue weighted by Gasteiger charge is -2.09. The zero-order chi connectivity index (χ0) is 16.1. The van der Waals surface area contributed by atoms with Crippen LogP contribution in [-0.4, -0.2) is 27.7 Å². The number of benzene rings is 1. The molecule has 1 aromatic heterocycles. The zero-order valence-corrected chi connectivity index (χ0v) is 12.6. The van der Waals surface area contributed by atoms with Crippen LogP contribution in [0.15, 0.2) is 30.3 Å². The van der Waals surface area contributed by atoms with Crippen LogP contribution in [0.5, 0.6) is 5.75 Å². The average Bonchev–Trinajstić information content (AvgIpc) is 2.46. The summed E-state index contributed by atoms with van der Waals surface area (Å²) >= 11 is 0. The Morgan fingerprint density at radius 2 is 2.09 bits per heavy atom. The van der Waals surface area contributed by atoms with Crippen LogP contribution >= 0.6 is 0 Å². The van der Waals surface area contributed by atoms with E-state index in [4.69, 9.17) is 15.6 Å². The van der Waals surface area contributed by atoms with Crippen molar-refractivity contribution in [1.82, 2.24) is 9.97 Å². The van der Waals surface area contributed by atoms with Crippen molar-refractivity contribution in [2.75, 3.05) is 12.3 Å². The Hall–Kier alpha value is -2.63. The minimum Gasteiger partial charge on any atom is -0.494 e. The van der Waals surface area contributed by atoms with Crippen LogP contribution in [0.25, 0.3) is 11.3 Å². The van der Waals surface area contributed by atoms with Crippen LogP contribution in [0.3, 0.4) is 0 Å². The molecule has 0 radical (unpaired) electrons. The summed E-state index contributed by atoms with van der Waals surface area (Å²) in [5.41, 5.74) is 6.63. The van der Waals surface area contributed by atoms with Gasteiger partial charge in [-0.3, -0.25) is 0 Å². The minimum absolute atomic E-state index is 0.0685. The van der Waals surface area contributed by atoms with E-state index in [0.29, 0.717) is 24.0 Å². The first kappa shape index (κ1) is 15.8. The average molecular weight is 301 g/mol. The number of nitrogen functional groups attached to an aromatic ring is 1. The first-order valence-corrected chi connectivity index (χ1v) is 7.07. The second-order valence-electron chi connectivity index (χ2n) is 5.36. The first-order valence-electron chi connectivity index (χ1n) is 7.07. The van der Waals surface area contributed by atoms with Gasteiger partial charge < -0.3 is 15.6 Å². The third-order valence-corrected chi connectivity index (χ3v) is 3.06. The third kappa shape index (κ3) is 4.18. The SMILES string of the molecule is CC(C)CCOc1cccc(-c2cc(C(=O)O)nc(N)n2)c1. The molecule has 22 heavy (non-hydrogen) atoms. The van der Waals surface area contributed by atoms with Gasteiger partial charge in [0.2, 0.25) is 5.95 Å². The fraction of sp³-hybridized carbons (Fsp3) is 0.312. The molecule has 0 saturated heterocycles. The highest BCUT2D eigenvalue weighted by Gasteiger charge is 2.11. The van der Waals surface area contributed by atoms with Gasteiger partial charge in [-0.25, -0.2) is 14.8 Å². The Bertz CT molecular complexity index is 671. The molecular formula is C16H19N3O3. The molecule has 0 unspecified atom stereocenters. The second-order valence-corrected chi connectivity index (χ2v) is 5.36. The molecule has 6 heteroatoms. The largest absolute Gasteiger partial charge is 0.494 e. The number of ether oxygens (including phenoxy) is 1. The summed E-state index contributed by atoms with van der Waals surface area (Å²) in [5.74, 6) is 0.0795. The molecule has 0 aliphatic rings. The Balaban J connectivity index is 2.24. The minimum atomic E-state index is -1.14. The topological polar surface area (TPSA) is 98.3 Å². The van der Waals surface area contributed by atoms with E-state index in [0.717, 1.165) is 12.0 Å². The quantitative estimate of drug-likeness (QED) is 0.851. The summed E-state index contributed by atoms with van der Waals surface area (Å²) in [6, 6.07) is 8.72. The Morgan fingerprint density at radius 3 is 2.77 bits per heavy atom. The van der Waals surface area contributed by atoms with Crippen LogP contribution in [0.4, 0.5) is 5.95 Å². The first-order chi connectivity index (χ1) is 10.5.